The van der Waals surface area contributed by atoms with Gasteiger partial charge in [-0.1, -0.05) is 55.9 Å². The number of amides is 4. The molecular weight excluding hydrogens is 398 g/mol. The van der Waals surface area contributed by atoms with Crippen LogP contribution in [0, 0.1) is 5.92 Å². The second kappa shape index (κ2) is 9.34. The number of anilines is 1. The number of nitrogens with one attached hydrogen (secondary N) is 2. The van der Waals surface area contributed by atoms with Gasteiger partial charge in [-0.15, -0.1) is 0 Å². The van der Waals surface area contributed by atoms with E-state index in [2.05, 4.69) is 24.5 Å². The SMILES string of the molecule is CC(C)CC[C@]1(C)NC(=O)N(CC(=O)Nc2ccccc2Sc2ccccc2)C1=O. The van der Waals surface area contributed by atoms with Crippen molar-refractivity contribution in [3.63, 3.8) is 0 Å². The first-order valence-electron chi connectivity index (χ1n) is 10.0. The number of urea groups is 1. The van der Waals surface area contributed by atoms with Gasteiger partial charge in [-0.25, -0.2) is 4.79 Å². The summed E-state index contributed by atoms with van der Waals surface area (Å²) in [7, 11) is 0. The van der Waals surface area contributed by atoms with Crippen LogP contribution in [0.3, 0.4) is 0 Å². The third-order valence-corrected chi connectivity index (χ3v) is 6.08. The van der Waals surface area contributed by atoms with Crippen LogP contribution >= 0.6 is 11.8 Å². The molecule has 0 spiro atoms. The van der Waals surface area contributed by atoms with Crippen molar-refractivity contribution in [2.45, 2.75) is 48.9 Å². The Kier molecular flexibility index (Phi) is 6.82. The van der Waals surface area contributed by atoms with Crippen molar-refractivity contribution in [1.82, 2.24) is 10.2 Å². The zero-order chi connectivity index (χ0) is 21.7. The molecule has 1 aliphatic rings. The van der Waals surface area contributed by atoms with Gasteiger partial charge in [-0.05, 0) is 49.9 Å². The third kappa shape index (κ3) is 5.21. The van der Waals surface area contributed by atoms with E-state index in [-0.39, 0.29) is 12.5 Å². The third-order valence-electron chi connectivity index (χ3n) is 5.00. The molecule has 158 valence electrons. The summed E-state index contributed by atoms with van der Waals surface area (Å²) in [4.78, 5) is 40.7. The minimum Gasteiger partial charge on any atom is -0.323 e. The van der Waals surface area contributed by atoms with Crippen LogP contribution < -0.4 is 10.6 Å². The van der Waals surface area contributed by atoms with Crippen molar-refractivity contribution in [1.29, 1.82) is 0 Å². The first-order valence-corrected chi connectivity index (χ1v) is 10.9. The molecular formula is C23H27N3O3S. The lowest BCUT2D eigenvalue weighted by molar-refractivity contribution is -0.133. The van der Waals surface area contributed by atoms with Crippen LogP contribution in [-0.2, 0) is 9.59 Å². The fourth-order valence-corrected chi connectivity index (χ4v) is 4.17. The molecule has 0 saturated carbocycles. The summed E-state index contributed by atoms with van der Waals surface area (Å²) in [5.74, 6) is -0.342. The summed E-state index contributed by atoms with van der Waals surface area (Å²) < 4.78 is 0. The molecule has 1 fully saturated rings. The zero-order valence-corrected chi connectivity index (χ0v) is 18.3. The van der Waals surface area contributed by atoms with Crippen molar-refractivity contribution in [3.05, 3.63) is 54.6 Å². The van der Waals surface area contributed by atoms with Crippen LogP contribution in [0.25, 0.3) is 0 Å². The van der Waals surface area contributed by atoms with Crippen molar-refractivity contribution in [2.24, 2.45) is 5.92 Å². The molecule has 1 aliphatic heterocycles. The molecule has 3 rings (SSSR count). The Labute approximate surface area is 181 Å². The molecule has 6 nitrogen and oxygen atoms in total. The van der Waals surface area contributed by atoms with Gasteiger partial charge in [-0.2, -0.15) is 0 Å². The molecule has 30 heavy (non-hydrogen) atoms. The van der Waals surface area contributed by atoms with Crippen LogP contribution in [0.4, 0.5) is 10.5 Å². The van der Waals surface area contributed by atoms with Gasteiger partial charge in [0.2, 0.25) is 5.91 Å². The second-order valence-corrected chi connectivity index (χ2v) is 9.16. The van der Waals surface area contributed by atoms with E-state index in [1.807, 2.05) is 54.6 Å². The van der Waals surface area contributed by atoms with Crippen molar-refractivity contribution >= 4 is 35.3 Å². The molecule has 0 unspecified atom stereocenters. The Morgan fingerprint density at radius 1 is 1.10 bits per heavy atom. The van der Waals surface area contributed by atoms with E-state index in [4.69, 9.17) is 0 Å². The van der Waals surface area contributed by atoms with Crippen LogP contribution in [0.1, 0.15) is 33.6 Å². The van der Waals surface area contributed by atoms with E-state index in [0.29, 0.717) is 18.0 Å². The minimum absolute atomic E-state index is 0.313. The molecule has 7 heteroatoms. The summed E-state index contributed by atoms with van der Waals surface area (Å²) >= 11 is 1.53. The number of imide groups is 1. The highest BCUT2D eigenvalue weighted by molar-refractivity contribution is 7.99. The summed E-state index contributed by atoms with van der Waals surface area (Å²) in [5, 5.41) is 5.59. The predicted molar refractivity (Wildman–Crippen MR) is 118 cm³/mol. The Morgan fingerprint density at radius 3 is 2.47 bits per heavy atom. The highest BCUT2D eigenvalue weighted by Crippen LogP contribution is 2.33. The van der Waals surface area contributed by atoms with E-state index in [9.17, 15) is 14.4 Å². The van der Waals surface area contributed by atoms with Gasteiger partial charge in [0.1, 0.15) is 12.1 Å². The number of para-hydroxylation sites is 1. The van der Waals surface area contributed by atoms with Gasteiger partial charge in [0.05, 0.1) is 5.69 Å². The summed E-state index contributed by atoms with van der Waals surface area (Å²) in [6, 6.07) is 16.8. The molecule has 1 atom stereocenters. The minimum atomic E-state index is -0.956. The van der Waals surface area contributed by atoms with Gasteiger partial charge >= 0.3 is 6.03 Å². The number of carbonyl (C=O) groups is 3. The summed E-state index contributed by atoms with van der Waals surface area (Å²) in [6.45, 7) is 5.55. The number of hydrogen-bond donors (Lipinski definition) is 2. The fourth-order valence-electron chi connectivity index (χ4n) is 3.25. The lowest BCUT2D eigenvalue weighted by Crippen LogP contribution is -2.44. The fraction of sp³-hybridized carbons (Fsp3) is 0.348. The van der Waals surface area contributed by atoms with Crippen molar-refractivity contribution in [3.8, 4) is 0 Å². The largest absolute Gasteiger partial charge is 0.325 e. The molecule has 1 heterocycles. The number of rotatable bonds is 8. The monoisotopic (exact) mass is 425 g/mol. The molecule has 0 radical (unpaired) electrons. The average molecular weight is 426 g/mol. The number of benzene rings is 2. The Hall–Kier alpha value is -2.80. The second-order valence-electron chi connectivity index (χ2n) is 8.05. The normalized spacial score (nSPS) is 18.6. The van der Waals surface area contributed by atoms with Crippen molar-refractivity contribution in [2.75, 3.05) is 11.9 Å². The molecule has 0 aliphatic carbocycles. The highest BCUT2D eigenvalue weighted by Gasteiger charge is 2.47. The van der Waals surface area contributed by atoms with E-state index >= 15 is 0 Å². The molecule has 2 aromatic carbocycles. The van der Waals surface area contributed by atoms with Crippen molar-refractivity contribution < 1.29 is 14.4 Å². The predicted octanol–water partition coefficient (Wildman–Crippen LogP) is 4.52. The van der Waals surface area contributed by atoms with Crippen LogP contribution in [-0.4, -0.2) is 34.8 Å². The summed E-state index contributed by atoms with van der Waals surface area (Å²) in [5.41, 5.74) is -0.311. The molecule has 0 aromatic heterocycles. The van der Waals surface area contributed by atoms with Gasteiger partial charge in [-0.3, -0.25) is 14.5 Å². The van der Waals surface area contributed by atoms with Crippen LogP contribution in [0.15, 0.2) is 64.4 Å². The molecule has 2 N–H and O–H groups in total. The average Bonchev–Trinajstić information content (AvgIpc) is 2.92. The zero-order valence-electron chi connectivity index (χ0n) is 17.5. The molecule has 1 saturated heterocycles. The molecule has 0 bridgehead atoms. The highest BCUT2D eigenvalue weighted by atomic mass is 32.2. The first kappa shape index (κ1) is 21.9. The quantitative estimate of drug-likeness (QED) is 0.610. The van der Waals surface area contributed by atoms with Gasteiger partial charge < -0.3 is 10.6 Å². The summed E-state index contributed by atoms with van der Waals surface area (Å²) in [6.07, 6.45) is 1.36. The smallest absolute Gasteiger partial charge is 0.323 e. The van der Waals surface area contributed by atoms with Gasteiger partial charge in [0.25, 0.3) is 5.91 Å². The molecule has 4 amide bonds. The topological polar surface area (TPSA) is 78.5 Å². The van der Waals surface area contributed by atoms with Crippen LogP contribution in [0.5, 0.6) is 0 Å². The number of carbonyl (C=O) groups excluding carboxylic acids is 3. The lowest BCUT2D eigenvalue weighted by atomic mass is 9.92. The Morgan fingerprint density at radius 2 is 1.77 bits per heavy atom. The maximum atomic E-state index is 12.8. The molecule has 2 aromatic rings. The van der Waals surface area contributed by atoms with Crippen LogP contribution in [0.2, 0.25) is 0 Å². The Balaban J connectivity index is 1.66. The van der Waals surface area contributed by atoms with E-state index in [0.717, 1.165) is 21.1 Å². The maximum Gasteiger partial charge on any atom is 0.325 e. The number of nitrogens with zero attached hydrogens (tertiary/aromatic N) is 1. The Bertz CT molecular complexity index is 932. The van der Waals surface area contributed by atoms with E-state index in [1.54, 1.807) is 6.92 Å². The van der Waals surface area contributed by atoms with E-state index in [1.165, 1.54) is 11.8 Å². The van der Waals surface area contributed by atoms with Gasteiger partial charge in [0, 0.05) is 9.79 Å². The number of hydrogen-bond acceptors (Lipinski definition) is 4. The van der Waals surface area contributed by atoms with Gasteiger partial charge in [0.15, 0.2) is 0 Å². The maximum absolute atomic E-state index is 12.8. The standard InChI is InChI=1S/C23H27N3O3S/c1-16(2)13-14-23(3)21(28)26(22(29)25-23)15-20(27)24-18-11-7-8-12-19(18)30-17-9-5-4-6-10-17/h4-12,16H,13-15H2,1-3H3,(H,24,27)(H,25,29)/t23-/m0/s1. The van der Waals surface area contributed by atoms with E-state index < -0.39 is 17.5 Å². The first-order chi connectivity index (χ1) is 14.3. The lowest BCUT2D eigenvalue weighted by Gasteiger charge is -2.22.